The van der Waals surface area contributed by atoms with Crippen molar-refractivity contribution in [2.24, 2.45) is 0 Å². The maximum Gasteiger partial charge on any atom is 0.244 e. The number of rotatable bonds is 9. The number of hydrogen-bond donors (Lipinski definition) is 2. The average molecular weight is 385 g/mol. The lowest BCUT2D eigenvalue weighted by Gasteiger charge is -2.20. The molecule has 0 bridgehead atoms. The smallest absolute Gasteiger partial charge is 0.244 e. The Kier molecular flexibility index (Phi) is 7.89. The molecule has 150 valence electrons. The number of carbonyl (C=O) groups is 1. The Hall–Kier alpha value is -2.99. The summed E-state index contributed by atoms with van der Waals surface area (Å²) in [6, 6.07) is 13.4. The number of benzene rings is 2. The Morgan fingerprint density at radius 1 is 1.00 bits per heavy atom. The number of methoxy groups -OCH3 is 3. The summed E-state index contributed by atoms with van der Waals surface area (Å²) in [6.45, 7) is 0.781. The minimum Gasteiger partial charge on any atom is -0.496 e. The van der Waals surface area contributed by atoms with E-state index in [2.05, 4.69) is 19.4 Å². The molecule has 6 heteroatoms. The molecule has 0 aliphatic heterocycles. The van der Waals surface area contributed by atoms with Crippen LogP contribution in [0.2, 0.25) is 0 Å². The number of ether oxygens (including phenoxy) is 3. The minimum absolute atomic E-state index is 0.0735. The zero-order valence-corrected chi connectivity index (χ0v) is 17.1. The molecule has 1 atom stereocenters. The molecule has 0 aliphatic rings. The molecule has 0 saturated heterocycles. The molecule has 2 rings (SSSR count). The second-order valence-electron chi connectivity index (χ2n) is 6.67. The zero-order chi connectivity index (χ0) is 20.5. The molecule has 2 N–H and O–H groups in total. The summed E-state index contributed by atoms with van der Waals surface area (Å²) in [5, 5.41) is 3.08. The Labute approximate surface area is 166 Å². The molecule has 6 nitrogen and oxygen atoms in total. The quantitative estimate of drug-likeness (QED) is 0.646. The van der Waals surface area contributed by atoms with E-state index in [1.165, 1.54) is 11.0 Å². The van der Waals surface area contributed by atoms with Crippen molar-refractivity contribution in [2.75, 3.05) is 42.0 Å². The summed E-state index contributed by atoms with van der Waals surface area (Å²) in [6.07, 6.45) is 3.21. The van der Waals surface area contributed by atoms with Crippen LogP contribution >= 0.6 is 0 Å². The van der Waals surface area contributed by atoms with Gasteiger partial charge >= 0.3 is 0 Å². The van der Waals surface area contributed by atoms with E-state index in [1.54, 1.807) is 39.5 Å². The first kappa shape index (κ1) is 21.3. The van der Waals surface area contributed by atoms with Gasteiger partial charge in [0.1, 0.15) is 18.3 Å². The molecule has 28 heavy (non-hydrogen) atoms. The van der Waals surface area contributed by atoms with Crippen molar-refractivity contribution in [1.82, 2.24) is 5.32 Å². The second-order valence-corrected chi connectivity index (χ2v) is 6.67. The minimum atomic E-state index is -0.174. The first-order valence-corrected chi connectivity index (χ1v) is 9.11. The molecule has 1 amide bonds. The van der Waals surface area contributed by atoms with Gasteiger partial charge < -0.3 is 24.4 Å². The van der Waals surface area contributed by atoms with Gasteiger partial charge in [-0.25, -0.2) is 0 Å². The molecule has 0 fully saturated rings. The molecule has 0 radical (unpaired) electrons. The van der Waals surface area contributed by atoms with E-state index in [-0.39, 0.29) is 11.9 Å². The van der Waals surface area contributed by atoms with Crippen molar-refractivity contribution in [2.45, 2.75) is 6.04 Å². The van der Waals surface area contributed by atoms with Crippen molar-refractivity contribution in [3.8, 4) is 17.2 Å². The van der Waals surface area contributed by atoms with Crippen LogP contribution in [-0.2, 0) is 4.79 Å². The van der Waals surface area contributed by atoms with Crippen LogP contribution in [0.15, 0.2) is 48.5 Å². The number of nitrogens with one attached hydrogen (secondary N) is 2. The van der Waals surface area contributed by atoms with E-state index in [1.807, 2.05) is 30.3 Å². The van der Waals surface area contributed by atoms with E-state index < -0.39 is 0 Å². The largest absolute Gasteiger partial charge is 0.496 e. The third kappa shape index (κ3) is 5.76. The Morgan fingerprint density at radius 3 is 2.18 bits per heavy atom. The van der Waals surface area contributed by atoms with Gasteiger partial charge in [0.2, 0.25) is 5.91 Å². The summed E-state index contributed by atoms with van der Waals surface area (Å²) >= 11 is 0. The van der Waals surface area contributed by atoms with Crippen LogP contribution in [0.1, 0.15) is 17.2 Å². The van der Waals surface area contributed by atoms with Gasteiger partial charge in [0, 0.05) is 17.7 Å². The van der Waals surface area contributed by atoms with Gasteiger partial charge in [0.25, 0.3) is 0 Å². The van der Waals surface area contributed by atoms with Gasteiger partial charge in [0.15, 0.2) is 11.5 Å². The fraction of sp³-hybridized carbons (Fsp3) is 0.318. The van der Waals surface area contributed by atoms with Gasteiger partial charge in [-0.2, -0.15) is 0 Å². The maximum absolute atomic E-state index is 12.6. The number of likely N-dealkylation sites (N-methyl/N-ethyl adjacent to an activating group) is 1. The summed E-state index contributed by atoms with van der Waals surface area (Å²) in [5.74, 6) is 1.56. The van der Waals surface area contributed by atoms with Crippen LogP contribution in [-0.4, -0.2) is 47.9 Å². The Bertz CT molecular complexity index is 804. The van der Waals surface area contributed by atoms with Crippen LogP contribution in [0.5, 0.6) is 17.2 Å². The summed E-state index contributed by atoms with van der Waals surface area (Å²) in [5.41, 5.74) is 1.80. The summed E-state index contributed by atoms with van der Waals surface area (Å²) < 4.78 is 16.0. The highest BCUT2D eigenvalue weighted by atomic mass is 16.5. The van der Waals surface area contributed by atoms with Crippen molar-refractivity contribution < 1.29 is 23.9 Å². The van der Waals surface area contributed by atoms with Crippen LogP contribution in [0.3, 0.4) is 0 Å². The first-order chi connectivity index (χ1) is 13.5. The monoisotopic (exact) mass is 385 g/mol. The third-order valence-electron chi connectivity index (χ3n) is 4.28. The number of carbonyl (C=O) groups excluding carboxylic acids is 1. The normalized spacial score (nSPS) is 12.1. The molecule has 2 aromatic rings. The number of hydrogen-bond acceptors (Lipinski definition) is 4. The fourth-order valence-electron chi connectivity index (χ4n) is 2.91. The molecular formula is C22H29N2O4+. The standard InChI is InChI=1S/C22H28N2O4/c1-24(2)15-18(16-9-7-6-8-10-16)23-22(25)12-11-17-13-20(27-4)21(28-5)14-19(17)26-3/h6-14,18H,15H2,1-5H3,(H,23,25)/p+1/b12-11+/t18-/m1/s1. The van der Waals surface area contributed by atoms with Crippen LogP contribution < -0.4 is 24.4 Å². The second kappa shape index (κ2) is 10.4. The summed E-state index contributed by atoms with van der Waals surface area (Å²) in [7, 11) is 8.83. The van der Waals surface area contributed by atoms with E-state index in [9.17, 15) is 4.79 Å². The topological polar surface area (TPSA) is 61.2 Å². The molecule has 2 aromatic carbocycles. The molecule has 0 saturated carbocycles. The van der Waals surface area contributed by atoms with E-state index in [4.69, 9.17) is 14.2 Å². The molecular weight excluding hydrogens is 356 g/mol. The van der Waals surface area contributed by atoms with E-state index in [0.29, 0.717) is 17.2 Å². The first-order valence-electron chi connectivity index (χ1n) is 9.11. The van der Waals surface area contributed by atoms with Gasteiger partial charge in [-0.3, -0.25) is 4.79 Å². The lowest BCUT2D eigenvalue weighted by atomic mass is 10.1. The zero-order valence-electron chi connectivity index (χ0n) is 17.1. The molecule has 0 aliphatic carbocycles. The number of quaternary nitrogens is 1. The molecule has 0 spiro atoms. The molecule has 0 unspecified atom stereocenters. The van der Waals surface area contributed by atoms with Crippen LogP contribution in [0, 0.1) is 0 Å². The molecule has 0 aromatic heterocycles. The highest BCUT2D eigenvalue weighted by Gasteiger charge is 2.16. The van der Waals surface area contributed by atoms with Crippen molar-refractivity contribution >= 4 is 12.0 Å². The number of amides is 1. The lowest BCUT2D eigenvalue weighted by Crippen LogP contribution is -3.06. The highest BCUT2D eigenvalue weighted by Crippen LogP contribution is 2.35. The summed E-state index contributed by atoms with van der Waals surface area (Å²) in [4.78, 5) is 13.8. The Balaban J connectivity index is 2.19. The average Bonchev–Trinajstić information content (AvgIpc) is 2.71. The van der Waals surface area contributed by atoms with E-state index >= 15 is 0 Å². The van der Waals surface area contributed by atoms with E-state index in [0.717, 1.165) is 17.7 Å². The SMILES string of the molecule is COc1cc(OC)c(OC)cc1/C=C/C(=O)N[C@H](C[NH+](C)C)c1ccccc1. The van der Waals surface area contributed by atoms with Crippen molar-refractivity contribution in [1.29, 1.82) is 0 Å². The van der Waals surface area contributed by atoms with Gasteiger partial charge in [-0.05, 0) is 17.7 Å². The van der Waals surface area contributed by atoms with Crippen LogP contribution in [0.4, 0.5) is 0 Å². The predicted molar refractivity (Wildman–Crippen MR) is 110 cm³/mol. The predicted octanol–water partition coefficient (Wildman–Crippen LogP) is 1.73. The fourth-order valence-corrected chi connectivity index (χ4v) is 2.91. The highest BCUT2D eigenvalue weighted by molar-refractivity contribution is 5.92. The lowest BCUT2D eigenvalue weighted by molar-refractivity contribution is -0.860. The maximum atomic E-state index is 12.6. The van der Waals surface area contributed by atoms with Crippen molar-refractivity contribution in [3.05, 3.63) is 59.7 Å². The van der Waals surface area contributed by atoms with Gasteiger partial charge in [-0.15, -0.1) is 0 Å². The van der Waals surface area contributed by atoms with Gasteiger partial charge in [0.05, 0.1) is 35.4 Å². The molecule has 0 heterocycles. The third-order valence-corrected chi connectivity index (χ3v) is 4.28. The van der Waals surface area contributed by atoms with Gasteiger partial charge in [-0.1, -0.05) is 30.3 Å². The van der Waals surface area contributed by atoms with Crippen molar-refractivity contribution in [3.63, 3.8) is 0 Å². The van der Waals surface area contributed by atoms with Crippen LogP contribution in [0.25, 0.3) is 6.08 Å². The Morgan fingerprint density at radius 2 is 1.61 bits per heavy atom.